The first kappa shape index (κ1) is 14.7. The molecule has 0 bridgehead atoms. The van der Waals surface area contributed by atoms with Gasteiger partial charge < -0.3 is 10.6 Å². The number of hydrogen-bond acceptors (Lipinski definition) is 4. The Balaban J connectivity index is 1.68. The van der Waals surface area contributed by atoms with Crippen LogP contribution >= 0.6 is 0 Å². The lowest BCUT2D eigenvalue weighted by Gasteiger charge is -2.37. The topological polar surface area (TPSA) is 45.4 Å². The van der Waals surface area contributed by atoms with Gasteiger partial charge in [-0.2, -0.15) is 0 Å². The molecule has 120 valence electrons. The minimum atomic E-state index is 0.561. The molecule has 4 heteroatoms. The van der Waals surface area contributed by atoms with Crippen molar-refractivity contribution in [2.24, 2.45) is 0 Å². The number of para-hydroxylation sites is 1. The zero-order valence-corrected chi connectivity index (χ0v) is 13.5. The molecule has 4 rings (SSSR count). The zero-order valence-electron chi connectivity index (χ0n) is 13.5. The maximum absolute atomic E-state index is 5.93. The summed E-state index contributed by atoms with van der Waals surface area (Å²) in [6, 6.07) is 24.9. The summed E-state index contributed by atoms with van der Waals surface area (Å²) in [5.74, 6) is 1.52. The molecule has 2 heterocycles. The van der Waals surface area contributed by atoms with Crippen LogP contribution in [-0.4, -0.2) is 16.6 Å². The SMILES string of the molecule is Nc1ccc2c(n1)N(c1ccccc1)CN(Cc1ccccc1)C2. The number of nitrogens with zero attached hydrogens (tertiary/aromatic N) is 3. The summed E-state index contributed by atoms with van der Waals surface area (Å²) in [5.41, 5.74) is 9.58. The molecule has 0 radical (unpaired) electrons. The van der Waals surface area contributed by atoms with Crippen molar-refractivity contribution in [3.05, 3.63) is 83.9 Å². The van der Waals surface area contributed by atoms with Gasteiger partial charge in [0.15, 0.2) is 0 Å². The summed E-state index contributed by atoms with van der Waals surface area (Å²) < 4.78 is 0. The summed E-state index contributed by atoms with van der Waals surface area (Å²) >= 11 is 0. The average Bonchev–Trinajstić information content (AvgIpc) is 2.63. The summed E-state index contributed by atoms with van der Waals surface area (Å²) in [5, 5.41) is 0. The van der Waals surface area contributed by atoms with Crippen molar-refractivity contribution in [1.82, 2.24) is 9.88 Å². The van der Waals surface area contributed by atoms with Crippen molar-refractivity contribution in [1.29, 1.82) is 0 Å². The van der Waals surface area contributed by atoms with E-state index in [0.717, 1.165) is 31.3 Å². The third-order valence-corrected chi connectivity index (χ3v) is 4.29. The third-order valence-electron chi connectivity index (χ3n) is 4.29. The molecule has 0 saturated carbocycles. The second-order valence-electron chi connectivity index (χ2n) is 6.10. The van der Waals surface area contributed by atoms with Crippen LogP contribution in [0, 0.1) is 0 Å². The number of nitrogen functional groups attached to an aromatic ring is 1. The zero-order chi connectivity index (χ0) is 16.4. The van der Waals surface area contributed by atoms with Gasteiger partial charge in [0.25, 0.3) is 0 Å². The first-order chi connectivity index (χ1) is 11.8. The molecule has 0 amide bonds. The molecular weight excluding hydrogens is 296 g/mol. The molecule has 24 heavy (non-hydrogen) atoms. The second-order valence-corrected chi connectivity index (χ2v) is 6.10. The Kier molecular flexibility index (Phi) is 3.89. The molecule has 0 fully saturated rings. The quantitative estimate of drug-likeness (QED) is 0.799. The monoisotopic (exact) mass is 316 g/mol. The summed E-state index contributed by atoms with van der Waals surface area (Å²) in [6.45, 7) is 2.58. The van der Waals surface area contributed by atoms with E-state index in [2.05, 4.69) is 75.4 Å². The molecule has 0 spiro atoms. The van der Waals surface area contributed by atoms with Gasteiger partial charge in [0.1, 0.15) is 11.6 Å². The highest BCUT2D eigenvalue weighted by atomic mass is 15.4. The van der Waals surface area contributed by atoms with E-state index >= 15 is 0 Å². The van der Waals surface area contributed by atoms with Gasteiger partial charge in [0.05, 0.1) is 6.67 Å². The lowest BCUT2D eigenvalue weighted by molar-refractivity contribution is 0.251. The van der Waals surface area contributed by atoms with Crippen molar-refractivity contribution in [2.75, 3.05) is 17.3 Å². The number of hydrogen-bond donors (Lipinski definition) is 1. The van der Waals surface area contributed by atoms with Gasteiger partial charge in [-0.3, -0.25) is 4.90 Å². The van der Waals surface area contributed by atoms with Gasteiger partial charge in [-0.1, -0.05) is 54.6 Å². The predicted molar refractivity (Wildman–Crippen MR) is 97.8 cm³/mol. The van der Waals surface area contributed by atoms with Crippen LogP contribution in [-0.2, 0) is 13.1 Å². The van der Waals surface area contributed by atoms with E-state index in [1.54, 1.807) is 0 Å². The minimum Gasteiger partial charge on any atom is -0.384 e. The second kappa shape index (κ2) is 6.34. The molecule has 0 atom stereocenters. The van der Waals surface area contributed by atoms with Crippen LogP contribution in [0.5, 0.6) is 0 Å². The summed E-state index contributed by atoms with van der Waals surface area (Å²) in [7, 11) is 0. The predicted octanol–water partition coefficient (Wildman–Crippen LogP) is 3.78. The maximum atomic E-state index is 5.93. The first-order valence-electron chi connectivity index (χ1n) is 8.14. The summed E-state index contributed by atoms with van der Waals surface area (Å²) in [4.78, 5) is 9.24. The number of nitrogens with two attached hydrogens (primary N) is 1. The van der Waals surface area contributed by atoms with Crippen molar-refractivity contribution >= 4 is 17.3 Å². The molecule has 2 N–H and O–H groups in total. The maximum Gasteiger partial charge on any atom is 0.141 e. The standard InChI is InChI=1S/C20H20N4/c21-19-12-11-17-14-23(13-16-7-3-1-4-8-16)15-24(20(17)22-19)18-9-5-2-6-10-18/h1-12H,13-15H2,(H2,21,22). The van der Waals surface area contributed by atoms with E-state index in [1.165, 1.54) is 11.1 Å². The van der Waals surface area contributed by atoms with E-state index in [-0.39, 0.29) is 0 Å². The van der Waals surface area contributed by atoms with Crippen LogP contribution in [0.2, 0.25) is 0 Å². The normalized spacial score (nSPS) is 14.4. The highest BCUT2D eigenvalue weighted by Gasteiger charge is 2.25. The Labute approximate surface area is 142 Å². The fraction of sp³-hybridized carbons (Fsp3) is 0.150. The summed E-state index contributed by atoms with van der Waals surface area (Å²) in [6.07, 6.45) is 0. The Bertz CT molecular complexity index is 818. The van der Waals surface area contributed by atoms with Gasteiger partial charge in [-0.25, -0.2) is 4.98 Å². The smallest absolute Gasteiger partial charge is 0.141 e. The molecule has 0 aliphatic carbocycles. The minimum absolute atomic E-state index is 0.561. The fourth-order valence-electron chi connectivity index (χ4n) is 3.17. The van der Waals surface area contributed by atoms with Gasteiger partial charge in [0.2, 0.25) is 0 Å². The van der Waals surface area contributed by atoms with Crippen LogP contribution in [0.4, 0.5) is 17.3 Å². The largest absolute Gasteiger partial charge is 0.384 e. The molecule has 3 aromatic rings. The van der Waals surface area contributed by atoms with Crippen LogP contribution in [0.25, 0.3) is 0 Å². The van der Waals surface area contributed by atoms with Crippen molar-refractivity contribution in [3.8, 4) is 0 Å². The number of benzene rings is 2. The third kappa shape index (κ3) is 2.96. The van der Waals surface area contributed by atoms with Crippen molar-refractivity contribution in [3.63, 3.8) is 0 Å². The number of aromatic nitrogens is 1. The molecule has 4 nitrogen and oxygen atoms in total. The van der Waals surface area contributed by atoms with E-state index in [0.29, 0.717) is 5.82 Å². The molecule has 1 aromatic heterocycles. The van der Waals surface area contributed by atoms with Crippen LogP contribution in [0.1, 0.15) is 11.1 Å². The number of rotatable bonds is 3. The van der Waals surface area contributed by atoms with Crippen LogP contribution < -0.4 is 10.6 Å². The number of fused-ring (bicyclic) bond motifs is 1. The Morgan fingerprint density at radius 1 is 0.875 bits per heavy atom. The van der Waals surface area contributed by atoms with E-state index < -0.39 is 0 Å². The van der Waals surface area contributed by atoms with E-state index in [4.69, 9.17) is 5.73 Å². The molecular formula is C20H20N4. The highest BCUT2D eigenvalue weighted by molar-refractivity contribution is 5.65. The van der Waals surface area contributed by atoms with Gasteiger partial charge >= 0.3 is 0 Å². The van der Waals surface area contributed by atoms with Crippen LogP contribution in [0.3, 0.4) is 0 Å². The van der Waals surface area contributed by atoms with Gasteiger partial charge in [-0.15, -0.1) is 0 Å². The molecule has 1 aliphatic heterocycles. The first-order valence-corrected chi connectivity index (χ1v) is 8.14. The Morgan fingerprint density at radius 3 is 2.33 bits per heavy atom. The lowest BCUT2D eigenvalue weighted by Crippen LogP contribution is -2.40. The number of pyridine rings is 1. The van der Waals surface area contributed by atoms with Crippen LogP contribution in [0.15, 0.2) is 72.8 Å². The van der Waals surface area contributed by atoms with Crippen molar-refractivity contribution < 1.29 is 0 Å². The molecule has 2 aromatic carbocycles. The van der Waals surface area contributed by atoms with Gasteiger partial charge in [0, 0.05) is 24.3 Å². The van der Waals surface area contributed by atoms with E-state index in [1.807, 2.05) is 12.1 Å². The molecule has 0 saturated heterocycles. The Hall–Kier alpha value is -2.85. The van der Waals surface area contributed by atoms with Gasteiger partial charge in [-0.05, 0) is 23.8 Å². The lowest BCUT2D eigenvalue weighted by atomic mass is 10.1. The molecule has 0 unspecified atom stereocenters. The Morgan fingerprint density at radius 2 is 1.58 bits per heavy atom. The fourth-order valence-corrected chi connectivity index (χ4v) is 3.17. The average molecular weight is 316 g/mol. The van der Waals surface area contributed by atoms with E-state index in [9.17, 15) is 0 Å². The number of anilines is 3. The van der Waals surface area contributed by atoms with Crippen molar-refractivity contribution in [2.45, 2.75) is 13.1 Å². The molecule has 1 aliphatic rings. The highest BCUT2D eigenvalue weighted by Crippen LogP contribution is 2.33.